The van der Waals surface area contributed by atoms with Crippen LogP contribution in [0.25, 0.3) is 0 Å². The van der Waals surface area contributed by atoms with E-state index in [1.807, 2.05) is 0 Å². The highest BCUT2D eigenvalue weighted by molar-refractivity contribution is 6.47. The number of Topliss-reactive ketones (excluding diaryl/α,β-unsaturated/α-hetero) is 1. The van der Waals surface area contributed by atoms with Crippen molar-refractivity contribution in [2.24, 2.45) is 0 Å². The number of carbonyl (C=O) groups is 2. The second kappa shape index (κ2) is 8.51. The van der Waals surface area contributed by atoms with Crippen LogP contribution in [0.2, 0.25) is 5.82 Å². The van der Waals surface area contributed by atoms with Crippen LogP contribution < -0.4 is 9.97 Å². The molecule has 0 radical (unpaired) electrons. The van der Waals surface area contributed by atoms with Gasteiger partial charge in [0.25, 0.3) is 0 Å². The van der Waals surface area contributed by atoms with Gasteiger partial charge in [0.05, 0.1) is 17.9 Å². The number of fused-ring (bicyclic) bond motifs is 1. The predicted octanol–water partition coefficient (Wildman–Crippen LogP) is -0.367. The highest BCUT2D eigenvalue weighted by Gasteiger charge is 2.37. The third-order valence-corrected chi connectivity index (χ3v) is 4.68. The molecule has 0 unspecified atom stereocenters. The summed E-state index contributed by atoms with van der Waals surface area (Å²) in [5, 5.41) is 39.8. The first-order valence-corrected chi connectivity index (χ1v) is 8.82. The van der Waals surface area contributed by atoms with Gasteiger partial charge in [-0.15, -0.1) is 5.10 Å². The molecular formula is C17H21BN4O6. The molecule has 1 aromatic heterocycles. The Balaban J connectivity index is 1.70. The maximum absolute atomic E-state index is 12.5. The van der Waals surface area contributed by atoms with Crippen molar-refractivity contribution in [2.45, 2.75) is 38.4 Å². The van der Waals surface area contributed by atoms with Gasteiger partial charge in [0.15, 0.2) is 5.78 Å². The summed E-state index contributed by atoms with van der Waals surface area (Å²) in [6.07, 6.45) is 0.336. The van der Waals surface area contributed by atoms with E-state index in [-0.39, 0.29) is 36.7 Å². The summed E-state index contributed by atoms with van der Waals surface area (Å²) >= 11 is 0. The topological polar surface area (TPSA) is 147 Å². The van der Waals surface area contributed by atoms with Gasteiger partial charge >= 0.3 is 13.1 Å². The van der Waals surface area contributed by atoms with Crippen LogP contribution in [-0.2, 0) is 30.9 Å². The number of hydrogen-bond acceptors (Lipinski definition) is 8. The standard InChI is InChI=1S/C17H21BN4O6/c1-19-7-14-15(9-23)22(21-20-14)8-12(24)6-11-5-10-3-2-4-13(17(25)26)16(10)28-18(11)27/h2-4,11,19,23,27H,5-9H2,1H3,(H,25,26)/t11-/m1/s1. The Morgan fingerprint density at radius 2 is 2.21 bits per heavy atom. The van der Waals surface area contributed by atoms with Gasteiger partial charge in [-0.3, -0.25) is 4.79 Å². The third kappa shape index (κ3) is 4.06. The van der Waals surface area contributed by atoms with E-state index in [1.165, 1.54) is 10.7 Å². The monoisotopic (exact) mass is 388 g/mol. The van der Waals surface area contributed by atoms with Gasteiger partial charge < -0.3 is 25.2 Å². The largest absolute Gasteiger partial charge is 0.535 e. The number of nitrogens with zero attached hydrogens (tertiary/aromatic N) is 3. The molecule has 0 saturated heterocycles. The summed E-state index contributed by atoms with van der Waals surface area (Å²) in [5.74, 6) is -1.72. The molecule has 11 heteroatoms. The summed E-state index contributed by atoms with van der Waals surface area (Å²) < 4.78 is 6.76. The first kappa shape index (κ1) is 20.0. The predicted molar refractivity (Wildman–Crippen MR) is 97.8 cm³/mol. The minimum atomic E-state index is -1.29. The number of benzene rings is 1. The minimum absolute atomic E-state index is 0.0179. The summed E-state index contributed by atoms with van der Waals surface area (Å²) in [7, 11) is 0.452. The quantitative estimate of drug-likeness (QED) is 0.445. The first-order chi connectivity index (χ1) is 13.4. The minimum Gasteiger partial charge on any atom is -0.535 e. The van der Waals surface area contributed by atoms with Crippen LogP contribution in [0.15, 0.2) is 18.2 Å². The van der Waals surface area contributed by atoms with Gasteiger partial charge in [-0.1, -0.05) is 17.3 Å². The van der Waals surface area contributed by atoms with Crippen LogP contribution in [0.4, 0.5) is 0 Å². The highest BCUT2D eigenvalue weighted by Crippen LogP contribution is 2.36. The van der Waals surface area contributed by atoms with Crippen molar-refractivity contribution < 1.29 is 29.5 Å². The zero-order valence-electron chi connectivity index (χ0n) is 15.3. The number of hydrogen-bond donors (Lipinski definition) is 4. The van der Waals surface area contributed by atoms with Gasteiger partial charge in [0.1, 0.15) is 18.0 Å². The summed E-state index contributed by atoms with van der Waals surface area (Å²) in [6, 6.07) is 4.73. The Bertz CT molecular complexity index is 887. The fourth-order valence-corrected chi connectivity index (χ4v) is 3.32. The van der Waals surface area contributed by atoms with E-state index in [4.69, 9.17) is 4.65 Å². The summed E-state index contributed by atoms with van der Waals surface area (Å²) in [6.45, 7) is 0.0393. The van der Waals surface area contributed by atoms with E-state index >= 15 is 0 Å². The van der Waals surface area contributed by atoms with Gasteiger partial charge in [0.2, 0.25) is 0 Å². The molecule has 0 bridgehead atoms. The van der Waals surface area contributed by atoms with E-state index in [0.717, 1.165) is 0 Å². The Kier molecular flexibility index (Phi) is 6.07. The van der Waals surface area contributed by atoms with E-state index in [2.05, 4.69) is 15.6 Å². The van der Waals surface area contributed by atoms with E-state index in [0.29, 0.717) is 29.9 Å². The van der Waals surface area contributed by atoms with Crippen LogP contribution >= 0.6 is 0 Å². The molecule has 1 aliphatic rings. The van der Waals surface area contributed by atoms with Crippen molar-refractivity contribution in [1.82, 2.24) is 20.3 Å². The second-order valence-electron chi connectivity index (χ2n) is 6.64. The van der Waals surface area contributed by atoms with E-state index in [9.17, 15) is 24.8 Å². The average Bonchev–Trinajstić information content (AvgIpc) is 3.03. The molecule has 1 atom stereocenters. The van der Waals surface area contributed by atoms with Gasteiger partial charge in [0, 0.05) is 18.8 Å². The molecule has 148 valence electrons. The van der Waals surface area contributed by atoms with Crippen LogP contribution in [-0.4, -0.2) is 56.1 Å². The number of carboxylic acid groups (broad SMARTS) is 1. The van der Waals surface area contributed by atoms with Crippen LogP contribution in [0.1, 0.15) is 33.7 Å². The summed E-state index contributed by atoms with van der Waals surface area (Å²) in [5.41, 5.74) is 1.64. The van der Waals surface area contributed by atoms with Crippen molar-refractivity contribution in [3.05, 3.63) is 40.7 Å². The van der Waals surface area contributed by atoms with Crippen LogP contribution in [0.3, 0.4) is 0 Å². The smallest absolute Gasteiger partial charge is 0.526 e. The molecule has 10 nitrogen and oxygen atoms in total. The lowest BCUT2D eigenvalue weighted by Gasteiger charge is -2.28. The molecule has 1 aliphatic heterocycles. The van der Waals surface area contributed by atoms with Crippen LogP contribution in [0.5, 0.6) is 5.75 Å². The van der Waals surface area contributed by atoms with Crippen LogP contribution in [0, 0.1) is 0 Å². The molecule has 2 heterocycles. The Hall–Kier alpha value is -2.76. The average molecular weight is 388 g/mol. The number of aromatic nitrogens is 3. The third-order valence-electron chi connectivity index (χ3n) is 4.68. The number of aliphatic hydroxyl groups excluding tert-OH is 1. The van der Waals surface area contributed by atoms with Gasteiger partial charge in [-0.05, 0) is 25.1 Å². The first-order valence-electron chi connectivity index (χ1n) is 8.82. The van der Waals surface area contributed by atoms with Crippen molar-refractivity contribution in [3.63, 3.8) is 0 Å². The maximum atomic E-state index is 12.5. The molecule has 0 amide bonds. The lowest BCUT2D eigenvalue weighted by atomic mass is 9.64. The number of ketones is 1. The summed E-state index contributed by atoms with van der Waals surface area (Å²) in [4.78, 5) is 23.8. The molecule has 1 aromatic carbocycles. The zero-order chi connectivity index (χ0) is 20.3. The number of carboxylic acids is 1. The Labute approximate surface area is 161 Å². The molecule has 0 fully saturated rings. The van der Waals surface area contributed by atoms with Crippen molar-refractivity contribution in [3.8, 4) is 5.75 Å². The van der Waals surface area contributed by atoms with Crippen molar-refractivity contribution in [1.29, 1.82) is 0 Å². The van der Waals surface area contributed by atoms with Gasteiger partial charge in [-0.2, -0.15) is 0 Å². The number of rotatable bonds is 8. The number of aliphatic hydroxyl groups is 1. The maximum Gasteiger partial charge on any atom is 0.526 e. The molecule has 3 rings (SSSR count). The molecular weight excluding hydrogens is 367 g/mol. The lowest BCUT2D eigenvalue weighted by Crippen LogP contribution is -2.36. The van der Waals surface area contributed by atoms with E-state index in [1.54, 1.807) is 19.2 Å². The van der Waals surface area contributed by atoms with Gasteiger partial charge in [-0.25, -0.2) is 9.48 Å². The molecule has 4 N–H and O–H groups in total. The van der Waals surface area contributed by atoms with Crippen molar-refractivity contribution >= 4 is 18.9 Å². The highest BCUT2D eigenvalue weighted by atomic mass is 16.5. The fraction of sp³-hybridized carbons (Fsp3) is 0.412. The van der Waals surface area contributed by atoms with E-state index < -0.39 is 18.9 Å². The number of aromatic carboxylic acids is 1. The molecule has 0 saturated carbocycles. The fourth-order valence-electron chi connectivity index (χ4n) is 3.32. The molecule has 2 aromatic rings. The lowest BCUT2D eigenvalue weighted by molar-refractivity contribution is -0.120. The number of nitrogens with one attached hydrogen (secondary N) is 1. The number of carbonyl (C=O) groups excluding carboxylic acids is 1. The molecule has 0 aliphatic carbocycles. The SMILES string of the molecule is CNCc1nnn(CC(=O)C[C@H]2Cc3cccc(C(=O)O)c3OB2O)c1CO. The number of para-hydroxylation sites is 1. The molecule has 28 heavy (non-hydrogen) atoms. The zero-order valence-corrected chi connectivity index (χ0v) is 15.3. The Morgan fingerprint density at radius 3 is 2.89 bits per heavy atom. The second-order valence-corrected chi connectivity index (χ2v) is 6.64. The van der Waals surface area contributed by atoms with Crippen molar-refractivity contribution in [2.75, 3.05) is 7.05 Å². The Morgan fingerprint density at radius 1 is 1.43 bits per heavy atom. The molecule has 0 spiro atoms. The normalized spacial score (nSPS) is 15.8.